The van der Waals surface area contributed by atoms with Gasteiger partial charge >= 0.3 is 5.97 Å². The molecule has 1 aliphatic heterocycles. The molecule has 1 heterocycles. The average molecular weight is 434 g/mol. The molecule has 10 heteroatoms. The third kappa shape index (κ3) is 5.53. The Hall–Kier alpha value is -3.01. The Labute approximate surface area is 177 Å². The number of benzene rings is 1. The summed E-state index contributed by atoms with van der Waals surface area (Å²) in [6.07, 6.45) is 3.52. The highest BCUT2D eigenvalue weighted by atomic mass is 32.2. The fourth-order valence-electron chi connectivity index (χ4n) is 2.66. The zero-order valence-corrected chi connectivity index (χ0v) is 17.5. The molecular weight excluding hydrogens is 412 g/mol. The topological polar surface area (TPSA) is 111 Å². The van der Waals surface area contributed by atoms with Crippen LogP contribution < -0.4 is 14.8 Å². The van der Waals surface area contributed by atoms with Gasteiger partial charge in [-0.05, 0) is 55.3 Å². The molecule has 30 heavy (non-hydrogen) atoms. The van der Waals surface area contributed by atoms with Crippen LogP contribution in [0.4, 0.5) is 4.79 Å². The van der Waals surface area contributed by atoms with Gasteiger partial charge in [0.1, 0.15) is 6.54 Å². The third-order valence-corrected chi connectivity index (χ3v) is 5.16. The van der Waals surface area contributed by atoms with Crippen LogP contribution in [0.25, 0.3) is 6.08 Å². The van der Waals surface area contributed by atoms with E-state index in [1.807, 2.05) is 0 Å². The van der Waals surface area contributed by atoms with Crippen LogP contribution in [0.15, 0.2) is 23.1 Å². The van der Waals surface area contributed by atoms with E-state index in [1.165, 1.54) is 13.2 Å². The van der Waals surface area contributed by atoms with Crippen LogP contribution >= 0.6 is 11.8 Å². The van der Waals surface area contributed by atoms with Gasteiger partial charge in [0.15, 0.2) is 18.1 Å². The molecule has 1 N–H and O–H groups in total. The van der Waals surface area contributed by atoms with Crippen LogP contribution in [0.5, 0.6) is 11.5 Å². The van der Waals surface area contributed by atoms with E-state index < -0.39 is 23.7 Å². The number of thioether (sulfide) groups is 1. The molecule has 3 rings (SSSR count). The summed E-state index contributed by atoms with van der Waals surface area (Å²) in [6, 6.07) is 5.19. The number of nitrogens with one attached hydrogen (secondary N) is 1. The van der Waals surface area contributed by atoms with Crippen LogP contribution in [0.2, 0.25) is 0 Å². The minimum absolute atomic E-state index is 0.126. The van der Waals surface area contributed by atoms with Crippen LogP contribution in [-0.2, 0) is 19.1 Å². The molecule has 1 aromatic rings. The summed E-state index contributed by atoms with van der Waals surface area (Å²) in [5, 5.41) is 2.30. The lowest BCUT2D eigenvalue weighted by Gasteiger charge is -2.12. The molecule has 0 unspecified atom stereocenters. The van der Waals surface area contributed by atoms with Gasteiger partial charge in [-0.15, -0.1) is 0 Å². The fourth-order valence-corrected chi connectivity index (χ4v) is 3.50. The van der Waals surface area contributed by atoms with E-state index >= 15 is 0 Å². The monoisotopic (exact) mass is 434 g/mol. The maximum Gasteiger partial charge on any atom is 0.326 e. The van der Waals surface area contributed by atoms with Crippen molar-refractivity contribution in [1.29, 1.82) is 0 Å². The molecule has 0 bridgehead atoms. The second-order valence-corrected chi connectivity index (χ2v) is 7.61. The van der Waals surface area contributed by atoms with Gasteiger partial charge in [-0.25, -0.2) is 0 Å². The standard InChI is InChI=1S/C20H22N2O7S/c1-3-28-18(24)10-22-19(25)16(30-20(22)26)9-12-4-7-14(15(8-12)27-2)29-11-17(23)21-13-5-6-13/h4,7-9,13H,3,5-6,10-11H2,1-2H3,(H,21,23)/b16-9-. The number of methoxy groups -OCH3 is 1. The smallest absolute Gasteiger partial charge is 0.326 e. The van der Waals surface area contributed by atoms with E-state index in [-0.39, 0.29) is 30.1 Å². The van der Waals surface area contributed by atoms with Gasteiger partial charge in [-0.1, -0.05) is 6.07 Å². The maximum absolute atomic E-state index is 12.5. The Balaban J connectivity index is 1.67. The number of imide groups is 1. The third-order valence-electron chi connectivity index (χ3n) is 4.25. The summed E-state index contributed by atoms with van der Waals surface area (Å²) in [4.78, 5) is 48.9. The molecule has 1 saturated carbocycles. The number of ether oxygens (including phenoxy) is 3. The Morgan fingerprint density at radius 2 is 2.03 bits per heavy atom. The van der Waals surface area contributed by atoms with Crippen molar-refractivity contribution in [3.8, 4) is 11.5 Å². The highest BCUT2D eigenvalue weighted by molar-refractivity contribution is 8.18. The van der Waals surface area contributed by atoms with Gasteiger partial charge in [-0.2, -0.15) is 0 Å². The van der Waals surface area contributed by atoms with Crippen molar-refractivity contribution < 1.29 is 33.4 Å². The lowest BCUT2D eigenvalue weighted by atomic mass is 10.2. The first-order valence-corrected chi connectivity index (χ1v) is 10.2. The van der Waals surface area contributed by atoms with E-state index in [9.17, 15) is 19.2 Å². The Kier molecular flexibility index (Phi) is 6.99. The second-order valence-electron chi connectivity index (χ2n) is 6.61. The predicted molar refractivity (Wildman–Crippen MR) is 109 cm³/mol. The number of esters is 1. The molecule has 0 aromatic heterocycles. The number of carbonyl (C=O) groups is 4. The Morgan fingerprint density at radius 3 is 2.70 bits per heavy atom. The molecular formula is C20H22N2O7S. The van der Waals surface area contributed by atoms with E-state index in [4.69, 9.17) is 14.2 Å². The lowest BCUT2D eigenvalue weighted by molar-refractivity contribution is -0.146. The van der Waals surface area contributed by atoms with Crippen LogP contribution in [0, 0.1) is 0 Å². The molecule has 1 saturated heterocycles. The van der Waals surface area contributed by atoms with Crippen LogP contribution in [0.1, 0.15) is 25.3 Å². The van der Waals surface area contributed by atoms with Crippen molar-refractivity contribution in [2.75, 3.05) is 26.9 Å². The molecule has 9 nitrogen and oxygen atoms in total. The first-order valence-electron chi connectivity index (χ1n) is 9.42. The molecule has 2 fully saturated rings. The minimum Gasteiger partial charge on any atom is -0.493 e. The molecule has 0 atom stereocenters. The Morgan fingerprint density at radius 1 is 1.27 bits per heavy atom. The number of rotatable bonds is 9. The summed E-state index contributed by atoms with van der Waals surface area (Å²) in [6.45, 7) is 1.26. The van der Waals surface area contributed by atoms with E-state index in [2.05, 4.69) is 5.32 Å². The van der Waals surface area contributed by atoms with Crippen LogP contribution in [0.3, 0.4) is 0 Å². The maximum atomic E-state index is 12.5. The van der Waals surface area contributed by atoms with Crippen molar-refractivity contribution in [3.63, 3.8) is 0 Å². The van der Waals surface area contributed by atoms with Crippen molar-refractivity contribution >= 4 is 40.9 Å². The van der Waals surface area contributed by atoms with E-state index in [0.29, 0.717) is 17.1 Å². The minimum atomic E-state index is -0.644. The number of amides is 3. The molecule has 2 aliphatic rings. The van der Waals surface area contributed by atoms with Crippen molar-refractivity contribution in [2.45, 2.75) is 25.8 Å². The second kappa shape index (κ2) is 9.66. The normalized spacial score (nSPS) is 17.3. The van der Waals surface area contributed by atoms with Gasteiger partial charge in [0.25, 0.3) is 17.1 Å². The molecule has 3 amide bonds. The summed E-state index contributed by atoms with van der Waals surface area (Å²) >= 11 is 0.746. The zero-order chi connectivity index (χ0) is 21.7. The van der Waals surface area contributed by atoms with Crippen molar-refractivity contribution in [3.05, 3.63) is 28.7 Å². The van der Waals surface area contributed by atoms with Gasteiger partial charge in [0.05, 0.1) is 18.6 Å². The number of carbonyl (C=O) groups excluding carboxylic acids is 4. The largest absolute Gasteiger partial charge is 0.493 e. The predicted octanol–water partition coefficient (Wildman–Crippen LogP) is 1.95. The molecule has 0 spiro atoms. The summed E-state index contributed by atoms with van der Waals surface area (Å²) in [7, 11) is 1.46. The van der Waals surface area contributed by atoms with E-state index in [0.717, 1.165) is 29.5 Å². The summed E-state index contributed by atoms with van der Waals surface area (Å²) < 4.78 is 15.6. The zero-order valence-electron chi connectivity index (χ0n) is 16.6. The van der Waals surface area contributed by atoms with Crippen LogP contribution in [-0.4, -0.2) is 60.8 Å². The highest BCUT2D eigenvalue weighted by Crippen LogP contribution is 2.34. The molecule has 0 radical (unpaired) electrons. The molecule has 160 valence electrons. The van der Waals surface area contributed by atoms with Gasteiger partial charge in [-0.3, -0.25) is 24.1 Å². The summed E-state index contributed by atoms with van der Waals surface area (Å²) in [5.41, 5.74) is 0.600. The molecule has 1 aliphatic carbocycles. The van der Waals surface area contributed by atoms with Crippen molar-refractivity contribution in [2.24, 2.45) is 0 Å². The number of hydrogen-bond donors (Lipinski definition) is 1. The number of hydrogen-bond acceptors (Lipinski definition) is 8. The SMILES string of the molecule is CCOC(=O)CN1C(=O)S/C(=C\c2ccc(OCC(=O)NC3CC3)c(OC)c2)C1=O. The molecule has 1 aromatic carbocycles. The highest BCUT2D eigenvalue weighted by Gasteiger charge is 2.36. The van der Waals surface area contributed by atoms with E-state index in [1.54, 1.807) is 25.1 Å². The number of nitrogens with zero attached hydrogens (tertiary/aromatic N) is 1. The lowest BCUT2D eigenvalue weighted by Crippen LogP contribution is -2.34. The average Bonchev–Trinajstić information content (AvgIpc) is 3.49. The van der Waals surface area contributed by atoms with Gasteiger partial charge < -0.3 is 19.5 Å². The first-order chi connectivity index (χ1) is 14.4. The first kappa shape index (κ1) is 21.7. The Bertz CT molecular complexity index is 895. The van der Waals surface area contributed by atoms with Gasteiger partial charge in [0.2, 0.25) is 0 Å². The van der Waals surface area contributed by atoms with Gasteiger partial charge in [0, 0.05) is 6.04 Å². The quantitative estimate of drug-likeness (QED) is 0.464. The summed E-state index contributed by atoms with van der Waals surface area (Å²) in [5.74, 6) is -0.632. The fraction of sp³-hybridized carbons (Fsp3) is 0.400. The van der Waals surface area contributed by atoms with Crippen molar-refractivity contribution in [1.82, 2.24) is 10.2 Å².